The average Bonchev–Trinajstić information content (AvgIpc) is 2.54. The van der Waals surface area contributed by atoms with Crippen molar-refractivity contribution in [2.24, 2.45) is 0 Å². The molecule has 76 valence electrons. The zero-order valence-corrected chi connectivity index (χ0v) is 8.05. The lowest BCUT2D eigenvalue weighted by Crippen LogP contribution is -2.54. The van der Waals surface area contributed by atoms with Crippen LogP contribution in [-0.4, -0.2) is 45.6 Å². The van der Waals surface area contributed by atoms with Gasteiger partial charge in [-0.3, -0.25) is 0 Å². The summed E-state index contributed by atoms with van der Waals surface area (Å²) in [6.45, 7) is 4.01. The van der Waals surface area contributed by atoms with Gasteiger partial charge in [0.1, 0.15) is 0 Å². The van der Waals surface area contributed by atoms with E-state index in [1.165, 1.54) is 0 Å². The van der Waals surface area contributed by atoms with Crippen LogP contribution in [0.15, 0.2) is 12.4 Å². The van der Waals surface area contributed by atoms with Gasteiger partial charge >= 0.3 is 6.03 Å². The zero-order chi connectivity index (χ0) is 9.97. The van der Waals surface area contributed by atoms with Crippen molar-refractivity contribution in [2.75, 3.05) is 19.6 Å². The van der Waals surface area contributed by atoms with Crippen LogP contribution in [0.3, 0.4) is 0 Å². The third kappa shape index (κ3) is 1.55. The first-order chi connectivity index (χ1) is 6.81. The number of carbonyl (C=O) groups is 1. The maximum Gasteiger partial charge on any atom is 0.317 e. The smallest absolute Gasteiger partial charge is 0.317 e. The molecule has 1 aliphatic rings. The summed E-state index contributed by atoms with van der Waals surface area (Å²) in [7, 11) is 0. The number of nitrogens with zero attached hydrogens (tertiary/aromatic N) is 4. The largest absolute Gasteiger partial charge is 0.338 e. The highest BCUT2D eigenvalue weighted by Gasteiger charge is 2.31. The quantitative estimate of drug-likeness (QED) is 0.714. The summed E-state index contributed by atoms with van der Waals surface area (Å²) in [5.41, 5.74) is 0. The van der Waals surface area contributed by atoms with E-state index in [1.54, 1.807) is 15.8 Å². The molecule has 1 aromatic heterocycles. The van der Waals surface area contributed by atoms with E-state index in [9.17, 15) is 4.79 Å². The van der Waals surface area contributed by atoms with E-state index in [-0.39, 0.29) is 6.03 Å². The van der Waals surface area contributed by atoms with Gasteiger partial charge in [0.15, 0.2) is 0 Å². The van der Waals surface area contributed by atoms with E-state index >= 15 is 0 Å². The Kier molecular flexibility index (Phi) is 2.34. The van der Waals surface area contributed by atoms with Crippen LogP contribution in [0.2, 0.25) is 0 Å². The molecule has 2 heterocycles. The highest BCUT2D eigenvalue weighted by molar-refractivity contribution is 5.75. The lowest BCUT2D eigenvalue weighted by molar-refractivity contribution is 0.118. The van der Waals surface area contributed by atoms with Crippen LogP contribution in [0.4, 0.5) is 4.79 Å². The molecule has 0 aliphatic carbocycles. The van der Waals surface area contributed by atoms with Crippen LogP contribution in [0.5, 0.6) is 0 Å². The number of hydrogen-bond donors (Lipinski definition) is 1. The fraction of sp³-hybridized carbons (Fsp3) is 0.625. The fourth-order valence-electron chi connectivity index (χ4n) is 1.46. The van der Waals surface area contributed by atoms with Gasteiger partial charge < -0.3 is 10.2 Å². The first-order valence-corrected chi connectivity index (χ1v) is 4.70. The number of carbonyl (C=O) groups excluding carboxylic acids is 1. The summed E-state index contributed by atoms with van der Waals surface area (Å²) < 4.78 is 1.79. The van der Waals surface area contributed by atoms with Gasteiger partial charge in [-0.25, -0.2) is 9.48 Å². The van der Waals surface area contributed by atoms with E-state index in [2.05, 4.69) is 15.6 Å². The van der Waals surface area contributed by atoms with E-state index in [1.807, 2.05) is 13.1 Å². The van der Waals surface area contributed by atoms with Crippen LogP contribution in [0, 0.1) is 0 Å². The number of nitrogens with one attached hydrogen (secondary N) is 1. The Labute approximate surface area is 81.9 Å². The van der Waals surface area contributed by atoms with Crippen LogP contribution < -0.4 is 5.32 Å². The normalized spacial score (nSPS) is 16.5. The van der Waals surface area contributed by atoms with Gasteiger partial charge in [0.25, 0.3) is 0 Å². The van der Waals surface area contributed by atoms with Gasteiger partial charge in [-0.15, -0.1) is 5.10 Å². The Bertz CT molecular complexity index is 304. The molecule has 1 saturated heterocycles. The van der Waals surface area contributed by atoms with Crippen molar-refractivity contribution in [1.29, 1.82) is 0 Å². The van der Waals surface area contributed by atoms with Gasteiger partial charge in [0.05, 0.1) is 12.2 Å². The second-order valence-electron chi connectivity index (χ2n) is 3.28. The molecule has 1 aromatic rings. The molecule has 2 rings (SSSR count). The maximum absolute atomic E-state index is 11.3. The van der Waals surface area contributed by atoms with Crippen molar-refractivity contribution >= 4 is 6.03 Å². The molecule has 1 aliphatic heterocycles. The Balaban J connectivity index is 1.82. The van der Waals surface area contributed by atoms with Crippen molar-refractivity contribution in [2.45, 2.75) is 13.0 Å². The third-order valence-corrected chi connectivity index (χ3v) is 2.29. The molecule has 0 unspecified atom stereocenters. The molecule has 0 radical (unpaired) electrons. The number of likely N-dealkylation sites (tertiary alicyclic amines) is 1. The van der Waals surface area contributed by atoms with Gasteiger partial charge in [-0.05, 0) is 6.92 Å². The minimum absolute atomic E-state index is 0.00358. The third-order valence-electron chi connectivity index (χ3n) is 2.29. The lowest BCUT2D eigenvalue weighted by Gasteiger charge is -2.38. The molecular formula is C8H13N5O. The first-order valence-electron chi connectivity index (χ1n) is 4.70. The first kappa shape index (κ1) is 8.98. The predicted molar refractivity (Wildman–Crippen MR) is 49.7 cm³/mol. The van der Waals surface area contributed by atoms with Gasteiger partial charge in [0.2, 0.25) is 0 Å². The summed E-state index contributed by atoms with van der Waals surface area (Å²) in [4.78, 5) is 13.1. The van der Waals surface area contributed by atoms with Crippen LogP contribution in [0.25, 0.3) is 0 Å². The molecule has 1 fully saturated rings. The molecule has 0 aromatic carbocycles. The zero-order valence-electron chi connectivity index (χ0n) is 8.05. The molecule has 1 N–H and O–H groups in total. The molecule has 14 heavy (non-hydrogen) atoms. The maximum atomic E-state index is 11.3. The number of aromatic nitrogens is 3. The Morgan fingerprint density at radius 3 is 3.00 bits per heavy atom. The second-order valence-corrected chi connectivity index (χ2v) is 3.28. The van der Waals surface area contributed by atoms with Crippen LogP contribution >= 0.6 is 0 Å². The molecule has 0 bridgehead atoms. The summed E-state index contributed by atoms with van der Waals surface area (Å²) in [5, 5.41) is 10.4. The SMILES string of the molecule is CCNC(=O)N1CC(n2ccnn2)C1. The molecule has 0 saturated carbocycles. The van der Waals surface area contributed by atoms with E-state index in [0.29, 0.717) is 12.6 Å². The molecule has 2 amide bonds. The lowest BCUT2D eigenvalue weighted by atomic mass is 10.1. The monoisotopic (exact) mass is 195 g/mol. The number of rotatable bonds is 2. The van der Waals surface area contributed by atoms with Crippen LogP contribution in [-0.2, 0) is 0 Å². The van der Waals surface area contributed by atoms with Crippen molar-refractivity contribution in [3.8, 4) is 0 Å². The molecule has 0 atom stereocenters. The summed E-state index contributed by atoms with van der Waals surface area (Å²) in [5.74, 6) is 0. The van der Waals surface area contributed by atoms with Gasteiger partial charge in [-0.1, -0.05) is 5.21 Å². The van der Waals surface area contributed by atoms with Crippen molar-refractivity contribution in [1.82, 2.24) is 25.2 Å². The predicted octanol–water partition coefficient (Wildman–Crippen LogP) is -0.136. The van der Waals surface area contributed by atoms with E-state index in [0.717, 1.165) is 13.1 Å². The molecular weight excluding hydrogens is 182 g/mol. The van der Waals surface area contributed by atoms with Crippen molar-refractivity contribution in [3.05, 3.63) is 12.4 Å². The number of urea groups is 1. The second kappa shape index (κ2) is 3.65. The summed E-state index contributed by atoms with van der Waals surface area (Å²) >= 11 is 0. The minimum atomic E-state index is 0.00358. The standard InChI is InChI=1S/C8H13N5O/c1-2-9-8(14)12-5-7(6-12)13-4-3-10-11-13/h3-4,7H,2,5-6H2,1H3,(H,9,14). The topological polar surface area (TPSA) is 63.1 Å². The van der Waals surface area contributed by atoms with Gasteiger partial charge in [0, 0.05) is 25.8 Å². The Morgan fingerprint density at radius 2 is 2.43 bits per heavy atom. The fourth-order valence-corrected chi connectivity index (χ4v) is 1.46. The summed E-state index contributed by atoms with van der Waals surface area (Å²) in [6.07, 6.45) is 3.47. The van der Waals surface area contributed by atoms with Crippen LogP contribution in [0.1, 0.15) is 13.0 Å². The van der Waals surface area contributed by atoms with Crippen molar-refractivity contribution < 1.29 is 4.79 Å². The van der Waals surface area contributed by atoms with E-state index in [4.69, 9.17) is 0 Å². The molecule has 6 nitrogen and oxygen atoms in total. The number of amides is 2. The highest BCUT2D eigenvalue weighted by atomic mass is 16.2. The van der Waals surface area contributed by atoms with E-state index < -0.39 is 0 Å². The average molecular weight is 195 g/mol. The Hall–Kier alpha value is -1.59. The highest BCUT2D eigenvalue weighted by Crippen LogP contribution is 2.19. The summed E-state index contributed by atoms with van der Waals surface area (Å²) in [6, 6.07) is 0.295. The van der Waals surface area contributed by atoms with Crippen molar-refractivity contribution in [3.63, 3.8) is 0 Å². The van der Waals surface area contributed by atoms with Gasteiger partial charge in [-0.2, -0.15) is 0 Å². The number of hydrogen-bond acceptors (Lipinski definition) is 3. The molecule has 0 spiro atoms. The minimum Gasteiger partial charge on any atom is -0.338 e. The molecule has 6 heteroatoms. The Morgan fingerprint density at radius 1 is 1.64 bits per heavy atom.